The van der Waals surface area contributed by atoms with E-state index in [0.29, 0.717) is 6.61 Å². The van der Waals surface area contributed by atoms with Gasteiger partial charge < -0.3 is 9.47 Å². The third-order valence-electron chi connectivity index (χ3n) is 2.71. The number of epoxide rings is 1. The normalized spacial score (nSPS) is 19.2. The molecule has 1 saturated heterocycles. The minimum Gasteiger partial charge on any atom is -0.491 e. The lowest BCUT2D eigenvalue weighted by molar-refractivity contribution is -0.253. The van der Waals surface area contributed by atoms with Crippen LogP contribution in [0.15, 0.2) is 24.3 Å². The summed E-state index contributed by atoms with van der Waals surface area (Å²) in [5, 5.41) is 0. The molecule has 0 N–H and O–H groups in total. The van der Waals surface area contributed by atoms with Crippen LogP contribution in [-0.4, -0.2) is 31.7 Å². The highest BCUT2D eigenvalue weighted by molar-refractivity contribution is 5.31. The molecule has 2 nitrogen and oxygen atoms in total. The minimum atomic E-state index is -5.39. The molecule has 0 amide bonds. The molecule has 1 aromatic rings. The van der Waals surface area contributed by atoms with E-state index in [4.69, 9.17) is 9.47 Å². The van der Waals surface area contributed by atoms with E-state index in [-0.39, 0.29) is 18.5 Å². The molecule has 0 radical (unpaired) electrons. The number of rotatable bonds is 4. The average molecular weight is 300 g/mol. The second-order valence-corrected chi connectivity index (χ2v) is 4.35. The lowest BCUT2D eigenvalue weighted by Gasteiger charge is -2.23. The number of benzene rings is 1. The first kappa shape index (κ1) is 15.0. The zero-order valence-electron chi connectivity index (χ0n) is 9.96. The number of halogens is 6. The van der Waals surface area contributed by atoms with E-state index in [1.807, 2.05) is 0 Å². The van der Waals surface area contributed by atoms with Crippen molar-refractivity contribution in [3.05, 3.63) is 29.8 Å². The Morgan fingerprint density at radius 3 is 1.95 bits per heavy atom. The summed E-state index contributed by atoms with van der Waals surface area (Å²) in [5.74, 6) is -3.29. The number of hydrogen-bond donors (Lipinski definition) is 0. The summed E-state index contributed by atoms with van der Waals surface area (Å²) in [6.07, 6.45) is -10.8. The molecule has 0 aromatic heterocycles. The van der Waals surface area contributed by atoms with E-state index >= 15 is 0 Å². The molecule has 8 heteroatoms. The molecule has 1 aromatic carbocycles. The van der Waals surface area contributed by atoms with Crippen LogP contribution < -0.4 is 4.74 Å². The molecule has 0 aliphatic carbocycles. The quantitative estimate of drug-likeness (QED) is 0.625. The molecule has 0 bridgehead atoms. The molecule has 1 atom stereocenters. The average Bonchev–Trinajstić information content (AvgIpc) is 3.08. The largest absolute Gasteiger partial charge is 0.491 e. The fourth-order valence-corrected chi connectivity index (χ4v) is 1.67. The van der Waals surface area contributed by atoms with Crippen molar-refractivity contribution in [1.29, 1.82) is 0 Å². The molecule has 1 fully saturated rings. The SMILES string of the molecule is FC(F)(F)C(c1ccc(OCC2CO2)cc1)C(F)(F)F. The van der Waals surface area contributed by atoms with Crippen LogP contribution in [0.4, 0.5) is 26.3 Å². The van der Waals surface area contributed by atoms with Crippen molar-refractivity contribution in [2.75, 3.05) is 13.2 Å². The fraction of sp³-hybridized carbons (Fsp3) is 0.500. The highest BCUT2D eigenvalue weighted by atomic mass is 19.4. The Balaban J connectivity index is 2.13. The van der Waals surface area contributed by atoms with E-state index < -0.39 is 23.8 Å². The van der Waals surface area contributed by atoms with Gasteiger partial charge in [0.2, 0.25) is 0 Å². The lowest BCUT2D eigenvalue weighted by atomic mass is 9.98. The van der Waals surface area contributed by atoms with Gasteiger partial charge >= 0.3 is 12.4 Å². The topological polar surface area (TPSA) is 21.8 Å². The van der Waals surface area contributed by atoms with Crippen molar-refractivity contribution in [2.45, 2.75) is 24.4 Å². The molecule has 20 heavy (non-hydrogen) atoms. The Hall–Kier alpha value is -1.44. The molecular weight excluding hydrogens is 290 g/mol. The standard InChI is InChI=1S/C12H10F6O2/c13-11(14,15)10(12(16,17)18)7-1-3-8(4-2-7)19-5-9-6-20-9/h1-4,9-10H,5-6H2. The van der Waals surface area contributed by atoms with Crippen molar-refractivity contribution in [1.82, 2.24) is 0 Å². The molecular formula is C12H10F6O2. The molecule has 0 saturated carbocycles. The maximum absolute atomic E-state index is 12.5. The molecule has 0 spiro atoms. The molecule has 2 rings (SSSR count). The van der Waals surface area contributed by atoms with Crippen LogP contribution in [0.2, 0.25) is 0 Å². The minimum absolute atomic E-state index is 0.0484. The van der Waals surface area contributed by atoms with Gasteiger partial charge in [0.1, 0.15) is 18.5 Å². The van der Waals surface area contributed by atoms with E-state index in [0.717, 1.165) is 24.3 Å². The van der Waals surface area contributed by atoms with Crippen molar-refractivity contribution in [3.63, 3.8) is 0 Å². The predicted molar refractivity (Wildman–Crippen MR) is 56.5 cm³/mol. The Bertz CT molecular complexity index is 433. The summed E-state index contributed by atoms with van der Waals surface area (Å²) in [4.78, 5) is 0. The fourth-order valence-electron chi connectivity index (χ4n) is 1.67. The lowest BCUT2D eigenvalue weighted by Crippen LogP contribution is -2.34. The molecule has 1 unspecified atom stereocenters. The van der Waals surface area contributed by atoms with E-state index in [9.17, 15) is 26.3 Å². The summed E-state index contributed by atoms with van der Waals surface area (Å²) < 4.78 is 85.0. The van der Waals surface area contributed by atoms with Crippen molar-refractivity contribution < 1.29 is 35.8 Å². The number of alkyl halides is 6. The van der Waals surface area contributed by atoms with Gasteiger partial charge in [-0.25, -0.2) is 0 Å². The van der Waals surface area contributed by atoms with Crippen molar-refractivity contribution >= 4 is 0 Å². The van der Waals surface area contributed by atoms with Crippen LogP contribution in [0, 0.1) is 0 Å². The third-order valence-corrected chi connectivity index (χ3v) is 2.71. The van der Waals surface area contributed by atoms with Crippen molar-refractivity contribution in [3.8, 4) is 5.75 Å². The van der Waals surface area contributed by atoms with Gasteiger partial charge in [-0.3, -0.25) is 0 Å². The van der Waals surface area contributed by atoms with E-state index in [2.05, 4.69) is 0 Å². The smallest absolute Gasteiger partial charge is 0.404 e. The van der Waals surface area contributed by atoms with Gasteiger partial charge in [-0.15, -0.1) is 0 Å². The zero-order chi connectivity index (χ0) is 15.0. The molecule has 112 valence electrons. The summed E-state index contributed by atoms with van der Waals surface area (Å²) in [6.45, 7) is 0.767. The number of ether oxygens (including phenoxy) is 2. The van der Waals surface area contributed by atoms with Crippen LogP contribution in [0.3, 0.4) is 0 Å². The van der Waals surface area contributed by atoms with Gasteiger partial charge in [0.25, 0.3) is 0 Å². The van der Waals surface area contributed by atoms with Crippen LogP contribution in [-0.2, 0) is 4.74 Å². The van der Waals surface area contributed by atoms with Crippen LogP contribution in [0.5, 0.6) is 5.75 Å². The van der Waals surface area contributed by atoms with Gasteiger partial charge in [0.05, 0.1) is 6.61 Å². The van der Waals surface area contributed by atoms with Crippen LogP contribution >= 0.6 is 0 Å². The second-order valence-electron chi connectivity index (χ2n) is 4.35. The van der Waals surface area contributed by atoms with Gasteiger partial charge in [-0.2, -0.15) is 26.3 Å². The highest BCUT2D eigenvalue weighted by Crippen LogP contribution is 2.46. The number of hydrogen-bond acceptors (Lipinski definition) is 2. The van der Waals surface area contributed by atoms with Crippen LogP contribution in [0.25, 0.3) is 0 Å². The van der Waals surface area contributed by atoms with Crippen molar-refractivity contribution in [2.24, 2.45) is 0 Å². The van der Waals surface area contributed by atoms with E-state index in [1.54, 1.807) is 0 Å². The maximum Gasteiger partial charge on any atom is 0.404 e. The van der Waals surface area contributed by atoms with Crippen LogP contribution in [0.1, 0.15) is 11.5 Å². The Kier molecular flexibility index (Phi) is 3.86. The maximum atomic E-state index is 12.5. The van der Waals surface area contributed by atoms with Gasteiger partial charge in [0, 0.05) is 0 Å². The molecule has 1 aliphatic heterocycles. The first-order valence-electron chi connectivity index (χ1n) is 5.65. The Morgan fingerprint density at radius 1 is 1.05 bits per heavy atom. The van der Waals surface area contributed by atoms with Gasteiger partial charge in [-0.1, -0.05) is 12.1 Å². The summed E-state index contributed by atoms with van der Waals surface area (Å²) in [6, 6.07) is 3.72. The van der Waals surface area contributed by atoms with E-state index in [1.165, 1.54) is 0 Å². The Labute approximate surface area is 110 Å². The summed E-state index contributed by atoms with van der Waals surface area (Å²) in [7, 11) is 0. The molecule has 1 aliphatic rings. The zero-order valence-corrected chi connectivity index (χ0v) is 9.96. The van der Waals surface area contributed by atoms with Gasteiger partial charge in [0.15, 0.2) is 5.92 Å². The monoisotopic (exact) mass is 300 g/mol. The first-order chi connectivity index (χ1) is 9.18. The Morgan fingerprint density at radius 2 is 1.55 bits per heavy atom. The van der Waals surface area contributed by atoms with Gasteiger partial charge in [-0.05, 0) is 17.7 Å². The predicted octanol–water partition coefficient (Wildman–Crippen LogP) is 3.67. The second kappa shape index (κ2) is 5.16. The molecule has 1 heterocycles. The third kappa shape index (κ3) is 3.78. The summed E-state index contributed by atoms with van der Waals surface area (Å²) >= 11 is 0. The highest BCUT2D eigenvalue weighted by Gasteiger charge is 2.57. The summed E-state index contributed by atoms with van der Waals surface area (Å²) in [5.41, 5.74) is -0.861. The first-order valence-corrected chi connectivity index (χ1v) is 5.65.